The molecule has 0 rings (SSSR count). The first kappa shape index (κ1) is 37.3. The Morgan fingerprint density at radius 1 is 0.611 bits per heavy atom. The van der Waals surface area contributed by atoms with Gasteiger partial charge in [0.05, 0.1) is 13.2 Å². The number of hydrogen-bond donors (Lipinski definition) is 1. The largest absolute Gasteiger partial charge is 0.446 e. The van der Waals surface area contributed by atoms with E-state index in [0.29, 0.717) is 26.4 Å². The topological polar surface area (TPSA) is 56.8 Å². The van der Waals surface area contributed by atoms with Crippen molar-refractivity contribution in [2.75, 3.05) is 33.5 Å². The predicted molar refractivity (Wildman–Crippen MR) is 156 cm³/mol. The zero-order valence-electron chi connectivity index (χ0n) is 23.9. The van der Waals surface area contributed by atoms with Crippen LogP contribution in [0.15, 0.2) is 0 Å². The summed E-state index contributed by atoms with van der Waals surface area (Å²) in [7, 11) is 1.67. The number of amides is 1. The van der Waals surface area contributed by atoms with Gasteiger partial charge in [-0.25, -0.2) is 4.79 Å². The predicted octanol–water partition coefficient (Wildman–Crippen LogP) is 9.61. The number of alkyl carbamates (subject to hydrolysis) is 1. The Hall–Kier alpha value is -0.810. The molecule has 0 atom stereocenters. The lowest BCUT2D eigenvalue weighted by Crippen LogP contribution is -2.30. The Morgan fingerprint density at radius 3 is 1.50 bits per heavy atom. The van der Waals surface area contributed by atoms with Crippen LogP contribution in [-0.2, 0) is 14.2 Å². The van der Waals surface area contributed by atoms with E-state index in [1.54, 1.807) is 7.11 Å². The molecule has 1 N–H and O–H groups in total. The molecule has 0 aliphatic rings. The van der Waals surface area contributed by atoms with E-state index in [2.05, 4.69) is 19.2 Å². The zero-order valence-corrected chi connectivity index (χ0v) is 23.9. The van der Waals surface area contributed by atoms with Crippen molar-refractivity contribution in [3.63, 3.8) is 0 Å². The van der Waals surface area contributed by atoms with Crippen LogP contribution < -0.4 is 5.32 Å². The van der Waals surface area contributed by atoms with Crippen LogP contribution in [0.1, 0.15) is 156 Å². The van der Waals surface area contributed by atoms with Crippen molar-refractivity contribution in [1.82, 2.24) is 5.32 Å². The lowest BCUT2D eigenvalue weighted by atomic mass is 10.0. The van der Waals surface area contributed by atoms with Crippen molar-refractivity contribution in [2.24, 2.45) is 0 Å². The molecule has 0 radical (unpaired) electrons. The van der Waals surface area contributed by atoms with Crippen LogP contribution in [0.3, 0.4) is 0 Å². The molecule has 0 aromatic carbocycles. The van der Waals surface area contributed by atoms with E-state index in [1.165, 1.54) is 103 Å². The molecule has 0 bridgehead atoms. The highest BCUT2D eigenvalue weighted by Gasteiger charge is 2.14. The zero-order chi connectivity index (χ0) is 25.7. The number of carbonyl (C=O) groups is 1. The molecule has 0 aromatic heterocycles. The Morgan fingerprint density at radius 2 is 1.06 bits per heavy atom. The van der Waals surface area contributed by atoms with Gasteiger partial charge >= 0.3 is 6.09 Å². The molecule has 0 heterocycles. The summed E-state index contributed by atoms with van der Waals surface area (Å²) in [6, 6.07) is 0. The molecule has 0 aliphatic carbocycles. The Labute approximate surface area is 226 Å². The summed E-state index contributed by atoms with van der Waals surface area (Å²) in [5, 5.41) is 2.90. The minimum absolute atomic E-state index is 0. The molecule has 0 saturated carbocycles. The molecule has 0 aromatic rings. The lowest BCUT2D eigenvalue weighted by molar-refractivity contribution is 0.0670. The minimum Gasteiger partial charge on any atom is -0.446 e. The van der Waals surface area contributed by atoms with Gasteiger partial charge in [0, 0.05) is 20.3 Å². The summed E-state index contributed by atoms with van der Waals surface area (Å²) < 4.78 is 16.2. The average molecular weight is 516 g/mol. The fourth-order valence-electron chi connectivity index (χ4n) is 4.43. The molecule has 1 amide bonds. The van der Waals surface area contributed by atoms with E-state index in [4.69, 9.17) is 14.2 Å². The molecule has 5 heteroatoms. The normalized spacial score (nSPS) is 11.0. The van der Waals surface area contributed by atoms with Gasteiger partial charge in [-0.2, -0.15) is 0 Å². The number of methoxy groups -OCH3 is 1. The van der Waals surface area contributed by atoms with Crippen LogP contribution in [0, 0.1) is 0 Å². The van der Waals surface area contributed by atoms with Crippen molar-refractivity contribution < 1.29 is 19.0 Å². The third-order valence-corrected chi connectivity index (χ3v) is 6.70. The number of ether oxygens (including phenoxy) is 3. The Kier molecular flexibility index (Phi) is 33.4. The number of carbonyl (C=O) groups excluding carboxylic acids is 1. The van der Waals surface area contributed by atoms with Gasteiger partial charge in [0.15, 0.2) is 0 Å². The number of unbranched alkanes of at least 4 members (excludes halogenated alkanes) is 16. The standard InChI is InChI=1S/C30H61NO4.CH4/c1-4-6-8-10-12-14-16-18-20-23-29(24-21-19-17-15-13-11-9-7-5-2)35-30(32)31-25-22-26-34-28-27-33-3;/h29H,4-28H2,1-3H3,(H,31,32);1H4. The Bertz CT molecular complexity index is 397. The first-order valence-electron chi connectivity index (χ1n) is 15.3. The van der Waals surface area contributed by atoms with Gasteiger partial charge < -0.3 is 19.5 Å². The highest BCUT2D eigenvalue weighted by atomic mass is 16.6. The van der Waals surface area contributed by atoms with Crippen molar-refractivity contribution in [1.29, 1.82) is 0 Å². The molecule has 0 unspecified atom stereocenters. The fourth-order valence-corrected chi connectivity index (χ4v) is 4.43. The third-order valence-electron chi connectivity index (χ3n) is 6.70. The number of hydrogen-bond acceptors (Lipinski definition) is 4. The molecular formula is C31H65NO4. The smallest absolute Gasteiger partial charge is 0.407 e. The van der Waals surface area contributed by atoms with E-state index < -0.39 is 0 Å². The first-order chi connectivity index (χ1) is 17.2. The second kappa shape index (κ2) is 32.2. The van der Waals surface area contributed by atoms with Crippen molar-refractivity contribution in [2.45, 2.75) is 162 Å². The lowest BCUT2D eigenvalue weighted by Gasteiger charge is -2.18. The van der Waals surface area contributed by atoms with Crippen LogP contribution in [-0.4, -0.2) is 45.7 Å². The van der Waals surface area contributed by atoms with Gasteiger partial charge in [0.1, 0.15) is 6.10 Å². The molecule has 0 saturated heterocycles. The van der Waals surface area contributed by atoms with Gasteiger partial charge in [-0.1, -0.05) is 124 Å². The number of rotatable bonds is 28. The van der Waals surface area contributed by atoms with Crippen molar-refractivity contribution >= 4 is 6.09 Å². The molecule has 5 nitrogen and oxygen atoms in total. The van der Waals surface area contributed by atoms with Gasteiger partial charge in [-0.05, 0) is 32.1 Å². The second-order valence-electron chi connectivity index (χ2n) is 10.1. The summed E-state index contributed by atoms with van der Waals surface area (Å²) in [5.41, 5.74) is 0. The molecule has 0 fully saturated rings. The van der Waals surface area contributed by atoms with E-state index in [1.807, 2.05) is 0 Å². The van der Waals surface area contributed by atoms with Gasteiger partial charge in [-0.3, -0.25) is 0 Å². The van der Waals surface area contributed by atoms with E-state index >= 15 is 0 Å². The summed E-state index contributed by atoms with van der Waals surface area (Å²) >= 11 is 0. The van der Waals surface area contributed by atoms with E-state index in [0.717, 1.165) is 32.1 Å². The highest BCUT2D eigenvalue weighted by Crippen LogP contribution is 2.18. The highest BCUT2D eigenvalue weighted by molar-refractivity contribution is 5.67. The van der Waals surface area contributed by atoms with Gasteiger partial charge in [-0.15, -0.1) is 0 Å². The maximum Gasteiger partial charge on any atom is 0.407 e. The third kappa shape index (κ3) is 29.4. The molecule has 0 spiro atoms. The SMILES string of the molecule is C.CCCCCCCCCCCC(CCCCCCCCCCC)OC(=O)NCCCOCCOC. The first-order valence-corrected chi connectivity index (χ1v) is 15.3. The maximum atomic E-state index is 12.3. The van der Waals surface area contributed by atoms with E-state index in [-0.39, 0.29) is 19.6 Å². The van der Waals surface area contributed by atoms with Crippen LogP contribution in [0.4, 0.5) is 4.79 Å². The molecule has 36 heavy (non-hydrogen) atoms. The Balaban J connectivity index is 0. The summed E-state index contributed by atoms with van der Waals surface area (Å²) in [6.07, 6.45) is 26.4. The van der Waals surface area contributed by atoms with E-state index in [9.17, 15) is 4.79 Å². The molecule has 218 valence electrons. The van der Waals surface area contributed by atoms with Crippen LogP contribution in [0.2, 0.25) is 0 Å². The summed E-state index contributed by atoms with van der Waals surface area (Å²) in [6.45, 7) is 6.96. The quantitative estimate of drug-likeness (QED) is 0.105. The molecule has 0 aliphatic heterocycles. The van der Waals surface area contributed by atoms with Gasteiger partial charge in [0.25, 0.3) is 0 Å². The summed E-state index contributed by atoms with van der Waals surface area (Å²) in [4.78, 5) is 12.3. The fraction of sp³-hybridized carbons (Fsp3) is 0.968. The number of nitrogens with one attached hydrogen (secondary N) is 1. The van der Waals surface area contributed by atoms with Crippen LogP contribution in [0.5, 0.6) is 0 Å². The van der Waals surface area contributed by atoms with Crippen molar-refractivity contribution in [3.8, 4) is 0 Å². The monoisotopic (exact) mass is 515 g/mol. The summed E-state index contributed by atoms with van der Waals surface area (Å²) in [5.74, 6) is 0. The average Bonchev–Trinajstić information content (AvgIpc) is 2.86. The molecular weight excluding hydrogens is 450 g/mol. The van der Waals surface area contributed by atoms with Crippen molar-refractivity contribution in [3.05, 3.63) is 0 Å². The van der Waals surface area contributed by atoms with Gasteiger partial charge in [0.2, 0.25) is 0 Å². The maximum absolute atomic E-state index is 12.3. The van der Waals surface area contributed by atoms with Crippen LogP contribution >= 0.6 is 0 Å². The second-order valence-corrected chi connectivity index (χ2v) is 10.1. The van der Waals surface area contributed by atoms with Crippen LogP contribution in [0.25, 0.3) is 0 Å². The minimum atomic E-state index is -0.265.